The van der Waals surface area contributed by atoms with Crippen LogP contribution in [0.15, 0.2) is 30.3 Å². The minimum Gasteiger partial charge on any atom is -0.505 e. The number of aromatic hydroxyl groups is 1. The van der Waals surface area contributed by atoms with Gasteiger partial charge in [-0.2, -0.15) is 4.37 Å². The molecule has 1 N–H and O–H groups in total. The van der Waals surface area contributed by atoms with Crippen molar-refractivity contribution >= 4 is 11.5 Å². The summed E-state index contributed by atoms with van der Waals surface area (Å²) >= 11 is 1.37. The standard InChI is InChI=1S/C11H11NOS/c1-2-9-11(13)10(12-14-9)8-6-4-3-5-7-8/h3-7,13H,2H2,1H3. The number of benzene rings is 1. The molecule has 2 nitrogen and oxygen atoms in total. The summed E-state index contributed by atoms with van der Waals surface area (Å²) in [5, 5.41) is 9.83. The molecular formula is C11H11NOS. The van der Waals surface area contributed by atoms with Crippen LogP contribution in [0.25, 0.3) is 11.3 Å². The van der Waals surface area contributed by atoms with Gasteiger partial charge in [0.25, 0.3) is 0 Å². The third-order valence-electron chi connectivity index (χ3n) is 2.10. The predicted octanol–water partition coefficient (Wildman–Crippen LogP) is 3.08. The lowest BCUT2D eigenvalue weighted by atomic mass is 10.1. The van der Waals surface area contributed by atoms with E-state index in [0.29, 0.717) is 11.4 Å². The van der Waals surface area contributed by atoms with E-state index in [1.807, 2.05) is 37.3 Å². The van der Waals surface area contributed by atoms with Crippen LogP contribution in [0, 0.1) is 0 Å². The third-order valence-corrected chi connectivity index (χ3v) is 3.08. The van der Waals surface area contributed by atoms with Crippen molar-refractivity contribution in [2.75, 3.05) is 0 Å². The number of rotatable bonds is 2. The first-order chi connectivity index (χ1) is 6.83. The number of aryl methyl sites for hydroxylation is 1. The first-order valence-electron chi connectivity index (χ1n) is 4.56. The Morgan fingerprint density at radius 3 is 2.57 bits per heavy atom. The number of hydrogen-bond acceptors (Lipinski definition) is 3. The largest absolute Gasteiger partial charge is 0.505 e. The fourth-order valence-electron chi connectivity index (χ4n) is 1.34. The number of nitrogens with zero attached hydrogens (tertiary/aromatic N) is 1. The Bertz CT molecular complexity index is 422. The molecule has 0 fully saturated rings. The Morgan fingerprint density at radius 2 is 2.00 bits per heavy atom. The third kappa shape index (κ3) is 1.51. The Balaban J connectivity index is 2.48. The van der Waals surface area contributed by atoms with Crippen LogP contribution in [-0.2, 0) is 6.42 Å². The maximum atomic E-state index is 9.83. The maximum absolute atomic E-state index is 9.83. The van der Waals surface area contributed by atoms with E-state index in [1.54, 1.807) is 0 Å². The molecule has 3 heteroatoms. The van der Waals surface area contributed by atoms with E-state index in [2.05, 4.69) is 4.37 Å². The molecule has 0 unspecified atom stereocenters. The van der Waals surface area contributed by atoms with Crippen molar-refractivity contribution in [1.82, 2.24) is 4.37 Å². The van der Waals surface area contributed by atoms with Gasteiger partial charge in [0.15, 0.2) is 5.75 Å². The first kappa shape index (κ1) is 9.21. The molecule has 72 valence electrons. The minimum absolute atomic E-state index is 0.337. The fourth-order valence-corrected chi connectivity index (χ4v) is 2.04. The molecule has 0 aliphatic heterocycles. The van der Waals surface area contributed by atoms with E-state index in [-0.39, 0.29) is 0 Å². The second-order valence-corrected chi connectivity index (χ2v) is 3.88. The average Bonchev–Trinajstić information content (AvgIpc) is 2.61. The predicted molar refractivity (Wildman–Crippen MR) is 58.6 cm³/mol. The second kappa shape index (κ2) is 3.80. The Morgan fingerprint density at radius 1 is 1.29 bits per heavy atom. The van der Waals surface area contributed by atoms with Crippen LogP contribution >= 0.6 is 11.5 Å². The molecule has 1 heterocycles. The molecule has 2 aromatic rings. The number of hydrogen-bond donors (Lipinski definition) is 1. The van der Waals surface area contributed by atoms with Crippen molar-refractivity contribution in [3.63, 3.8) is 0 Å². The van der Waals surface area contributed by atoms with Crippen LogP contribution in [-0.4, -0.2) is 9.48 Å². The molecule has 1 aromatic carbocycles. The lowest BCUT2D eigenvalue weighted by molar-refractivity contribution is 0.473. The molecule has 0 saturated heterocycles. The molecule has 0 saturated carbocycles. The Hall–Kier alpha value is -1.35. The van der Waals surface area contributed by atoms with E-state index in [9.17, 15) is 5.11 Å². The molecule has 0 radical (unpaired) electrons. The van der Waals surface area contributed by atoms with Crippen molar-refractivity contribution in [2.45, 2.75) is 13.3 Å². The normalized spacial score (nSPS) is 10.4. The maximum Gasteiger partial charge on any atom is 0.157 e. The molecular weight excluding hydrogens is 194 g/mol. The molecule has 14 heavy (non-hydrogen) atoms. The fraction of sp³-hybridized carbons (Fsp3) is 0.182. The zero-order chi connectivity index (χ0) is 9.97. The van der Waals surface area contributed by atoms with Crippen molar-refractivity contribution in [1.29, 1.82) is 0 Å². The van der Waals surface area contributed by atoms with Gasteiger partial charge in [-0.1, -0.05) is 37.3 Å². The molecule has 0 spiro atoms. The van der Waals surface area contributed by atoms with Gasteiger partial charge in [-0.05, 0) is 18.0 Å². The zero-order valence-corrected chi connectivity index (χ0v) is 8.71. The van der Waals surface area contributed by atoms with Crippen molar-refractivity contribution in [2.24, 2.45) is 0 Å². The lowest BCUT2D eigenvalue weighted by Gasteiger charge is -1.97. The molecule has 0 aliphatic carbocycles. The summed E-state index contributed by atoms with van der Waals surface area (Å²) in [4.78, 5) is 0.948. The van der Waals surface area contributed by atoms with Gasteiger partial charge in [0.05, 0.1) is 4.88 Å². The van der Waals surface area contributed by atoms with E-state index in [0.717, 1.165) is 16.9 Å². The van der Waals surface area contributed by atoms with E-state index >= 15 is 0 Å². The summed E-state index contributed by atoms with van der Waals surface area (Å²) in [6.45, 7) is 2.02. The van der Waals surface area contributed by atoms with Crippen LogP contribution < -0.4 is 0 Å². The summed E-state index contributed by atoms with van der Waals surface area (Å²) < 4.78 is 4.25. The molecule has 0 aliphatic rings. The van der Waals surface area contributed by atoms with Crippen molar-refractivity contribution < 1.29 is 5.11 Å². The van der Waals surface area contributed by atoms with Crippen LogP contribution in [0.1, 0.15) is 11.8 Å². The van der Waals surface area contributed by atoms with Crippen LogP contribution in [0.3, 0.4) is 0 Å². The van der Waals surface area contributed by atoms with Crippen LogP contribution in [0.4, 0.5) is 0 Å². The quantitative estimate of drug-likeness (QED) is 0.817. The molecule has 0 bridgehead atoms. The van der Waals surface area contributed by atoms with Gasteiger partial charge in [0.1, 0.15) is 5.69 Å². The lowest BCUT2D eigenvalue weighted by Crippen LogP contribution is -1.77. The van der Waals surface area contributed by atoms with E-state index in [4.69, 9.17) is 0 Å². The Labute approximate surface area is 87.0 Å². The van der Waals surface area contributed by atoms with Gasteiger partial charge in [-0.25, -0.2) is 0 Å². The summed E-state index contributed by atoms with van der Waals surface area (Å²) in [6, 6.07) is 9.75. The van der Waals surface area contributed by atoms with Gasteiger partial charge >= 0.3 is 0 Å². The second-order valence-electron chi connectivity index (χ2n) is 3.02. The van der Waals surface area contributed by atoms with E-state index in [1.165, 1.54) is 11.5 Å². The molecule has 0 amide bonds. The summed E-state index contributed by atoms with van der Waals surface area (Å²) in [7, 11) is 0. The summed E-state index contributed by atoms with van der Waals surface area (Å²) in [5.41, 5.74) is 1.67. The summed E-state index contributed by atoms with van der Waals surface area (Å²) in [5.74, 6) is 0.337. The van der Waals surface area contributed by atoms with Gasteiger partial charge < -0.3 is 5.11 Å². The smallest absolute Gasteiger partial charge is 0.157 e. The van der Waals surface area contributed by atoms with Gasteiger partial charge in [-0.3, -0.25) is 0 Å². The highest BCUT2D eigenvalue weighted by atomic mass is 32.1. The van der Waals surface area contributed by atoms with Gasteiger partial charge in [0, 0.05) is 5.56 Å². The average molecular weight is 205 g/mol. The SMILES string of the molecule is CCc1snc(-c2ccccc2)c1O. The van der Waals surface area contributed by atoms with Crippen molar-refractivity contribution in [3.8, 4) is 17.0 Å². The van der Waals surface area contributed by atoms with Gasteiger partial charge in [-0.15, -0.1) is 0 Å². The van der Waals surface area contributed by atoms with E-state index < -0.39 is 0 Å². The highest BCUT2D eigenvalue weighted by molar-refractivity contribution is 7.06. The van der Waals surface area contributed by atoms with Crippen molar-refractivity contribution in [3.05, 3.63) is 35.2 Å². The highest BCUT2D eigenvalue weighted by Crippen LogP contribution is 2.34. The molecule has 2 rings (SSSR count). The van der Waals surface area contributed by atoms with Crippen LogP contribution in [0.5, 0.6) is 5.75 Å². The van der Waals surface area contributed by atoms with Gasteiger partial charge in [0.2, 0.25) is 0 Å². The molecule has 1 aromatic heterocycles. The number of aromatic nitrogens is 1. The van der Waals surface area contributed by atoms with Crippen LogP contribution in [0.2, 0.25) is 0 Å². The highest BCUT2D eigenvalue weighted by Gasteiger charge is 2.11. The summed E-state index contributed by atoms with van der Waals surface area (Å²) in [6.07, 6.45) is 0.830. The first-order valence-corrected chi connectivity index (χ1v) is 5.33. The monoisotopic (exact) mass is 205 g/mol. The molecule has 0 atom stereocenters. The minimum atomic E-state index is 0.337. The zero-order valence-electron chi connectivity index (χ0n) is 7.90. The Kier molecular flexibility index (Phi) is 2.50. The topological polar surface area (TPSA) is 33.1 Å².